The Morgan fingerprint density at radius 2 is 1.91 bits per heavy atom. The molecule has 1 unspecified atom stereocenters. The molecule has 0 aromatic heterocycles. The number of hydrogen-bond acceptors (Lipinski definition) is 4. The molecule has 3 aliphatic rings. The van der Waals surface area contributed by atoms with Gasteiger partial charge in [-0.2, -0.15) is 0 Å². The number of aliphatic hydroxyl groups is 1. The molecule has 6 heteroatoms. The molecule has 0 radical (unpaired) electrons. The Balaban J connectivity index is 1.50. The Bertz CT molecular complexity index is 417. The molecular weight excluding hydrogens is 282 g/mol. The van der Waals surface area contributed by atoms with E-state index in [0.717, 1.165) is 19.6 Å². The van der Waals surface area contributed by atoms with Gasteiger partial charge in [0, 0.05) is 32.7 Å². The number of likely N-dealkylation sites (tertiary alicyclic amines) is 1. The van der Waals surface area contributed by atoms with Gasteiger partial charge in [0.15, 0.2) is 0 Å². The topological polar surface area (TPSA) is 72.9 Å². The SMILES string of the molecule is O=C(CC1NCCN(CC2CCC2)C1=O)N1CCC(O)CC1. The first-order chi connectivity index (χ1) is 10.6. The quantitative estimate of drug-likeness (QED) is 0.764. The van der Waals surface area contributed by atoms with Crippen LogP contribution in [0.3, 0.4) is 0 Å². The van der Waals surface area contributed by atoms with Crippen molar-refractivity contribution >= 4 is 11.8 Å². The van der Waals surface area contributed by atoms with Gasteiger partial charge in [-0.1, -0.05) is 6.42 Å². The minimum absolute atomic E-state index is 0.0308. The lowest BCUT2D eigenvalue weighted by Gasteiger charge is -2.38. The second-order valence-electron chi connectivity index (χ2n) is 6.90. The summed E-state index contributed by atoms with van der Waals surface area (Å²) in [6, 6.07) is -0.367. The van der Waals surface area contributed by atoms with Crippen LogP contribution in [0, 0.1) is 5.92 Å². The van der Waals surface area contributed by atoms with E-state index in [4.69, 9.17) is 0 Å². The molecule has 22 heavy (non-hydrogen) atoms. The molecule has 2 N–H and O–H groups in total. The Labute approximate surface area is 131 Å². The van der Waals surface area contributed by atoms with Crippen molar-refractivity contribution < 1.29 is 14.7 Å². The van der Waals surface area contributed by atoms with Gasteiger partial charge in [-0.25, -0.2) is 0 Å². The third-order valence-electron chi connectivity index (χ3n) is 5.28. The zero-order chi connectivity index (χ0) is 15.5. The van der Waals surface area contributed by atoms with E-state index in [9.17, 15) is 14.7 Å². The molecule has 2 aliphatic heterocycles. The minimum Gasteiger partial charge on any atom is -0.393 e. The summed E-state index contributed by atoms with van der Waals surface area (Å²) >= 11 is 0. The molecule has 1 atom stereocenters. The molecule has 3 fully saturated rings. The number of rotatable bonds is 4. The summed E-state index contributed by atoms with van der Waals surface area (Å²) in [5.74, 6) is 0.786. The number of carbonyl (C=O) groups is 2. The van der Waals surface area contributed by atoms with Crippen LogP contribution in [-0.2, 0) is 9.59 Å². The zero-order valence-corrected chi connectivity index (χ0v) is 13.2. The number of piperidine rings is 1. The Kier molecular flexibility index (Phi) is 4.98. The maximum atomic E-state index is 12.5. The summed E-state index contributed by atoms with van der Waals surface area (Å²) in [6.07, 6.45) is 5.01. The van der Waals surface area contributed by atoms with Gasteiger partial charge in [-0.15, -0.1) is 0 Å². The summed E-state index contributed by atoms with van der Waals surface area (Å²) < 4.78 is 0. The number of carbonyl (C=O) groups excluding carboxylic acids is 2. The maximum absolute atomic E-state index is 12.5. The van der Waals surface area contributed by atoms with Crippen LogP contribution >= 0.6 is 0 Å². The molecule has 2 amide bonds. The number of amides is 2. The minimum atomic E-state index is -0.367. The second kappa shape index (κ2) is 6.96. The van der Waals surface area contributed by atoms with Gasteiger partial charge in [-0.3, -0.25) is 9.59 Å². The molecular formula is C16H27N3O3. The summed E-state index contributed by atoms with van der Waals surface area (Å²) in [7, 11) is 0. The Morgan fingerprint density at radius 3 is 2.55 bits per heavy atom. The van der Waals surface area contributed by atoms with Crippen LogP contribution in [-0.4, -0.2) is 71.6 Å². The fraction of sp³-hybridized carbons (Fsp3) is 0.875. The number of nitrogens with one attached hydrogen (secondary N) is 1. The molecule has 0 spiro atoms. The van der Waals surface area contributed by atoms with E-state index < -0.39 is 0 Å². The molecule has 6 nitrogen and oxygen atoms in total. The van der Waals surface area contributed by atoms with E-state index in [1.165, 1.54) is 19.3 Å². The molecule has 0 aromatic rings. The molecule has 2 saturated heterocycles. The lowest BCUT2D eigenvalue weighted by Crippen LogP contribution is -2.57. The summed E-state index contributed by atoms with van der Waals surface area (Å²) in [6.45, 7) is 3.60. The summed E-state index contributed by atoms with van der Waals surface area (Å²) in [5, 5.41) is 12.7. The molecule has 124 valence electrons. The zero-order valence-electron chi connectivity index (χ0n) is 13.2. The van der Waals surface area contributed by atoms with Crippen LogP contribution in [0.5, 0.6) is 0 Å². The highest BCUT2D eigenvalue weighted by Gasteiger charge is 2.33. The van der Waals surface area contributed by atoms with Crippen LogP contribution in [0.1, 0.15) is 38.5 Å². The van der Waals surface area contributed by atoms with Crippen molar-refractivity contribution in [2.45, 2.75) is 50.7 Å². The first-order valence-corrected chi connectivity index (χ1v) is 8.61. The maximum Gasteiger partial charge on any atom is 0.240 e. The highest BCUT2D eigenvalue weighted by Crippen LogP contribution is 2.27. The van der Waals surface area contributed by atoms with E-state index in [1.54, 1.807) is 4.90 Å². The van der Waals surface area contributed by atoms with E-state index in [0.29, 0.717) is 31.8 Å². The summed E-state index contributed by atoms with van der Waals surface area (Å²) in [5.41, 5.74) is 0. The van der Waals surface area contributed by atoms with Crippen LogP contribution in [0.15, 0.2) is 0 Å². The van der Waals surface area contributed by atoms with Crippen LogP contribution in [0.25, 0.3) is 0 Å². The lowest BCUT2D eigenvalue weighted by molar-refractivity contribution is -0.142. The van der Waals surface area contributed by atoms with E-state index in [1.807, 2.05) is 4.90 Å². The third kappa shape index (κ3) is 3.60. The molecule has 0 aromatic carbocycles. The van der Waals surface area contributed by atoms with E-state index >= 15 is 0 Å². The largest absolute Gasteiger partial charge is 0.393 e. The highest BCUT2D eigenvalue weighted by molar-refractivity contribution is 5.89. The number of hydrogen-bond donors (Lipinski definition) is 2. The number of piperazine rings is 1. The molecule has 1 aliphatic carbocycles. The van der Waals surface area contributed by atoms with Crippen molar-refractivity contribution in [3.05, 3.63) is 0 Å². The average molecular weight is 309 g/mol. The van der Waals surface area contributed by atoms with Crippen LogP contribution in [0.2, 0.25) is 0 Å². The number of nitrogens with zero attached hydrogens (tertiary/aromatic N) is 2. The first kappa shape index (κ1) is 15.7. The van der Waals surface area contributed by atoms with Crippen molar-refractivity contribution in [1.29, 1.82) is 0 Å². The normalized spacial score (nSPS) is 27.9. The van der Waals surface area contributed by atoms with Crippen molar-refractivity contribution in [2.75, 3.05) is 32.7 Å². The summed E-state index contributed by atoms with van der Waals surface area (Å²) in [4.78, 5) is 28.6. The van der Waals surface area contributed by atoms with Crippen molar-refractivity contribution in [3.63, 3.8) is 0 Å². The van der Waals surface area contributed by atoms with Crippen molar-refractivity contribution in [2.24, 2.45) is 5.92 Å². The average Bonchev–Trinajstić information content (AvgIpc) is 2.47. The van der Waals surface area contributed by atoms with Crippen molar-refractivity contribution in [3.8, 4) is 0 Å². The van der Waals surface area contributed by atoms with Gasteiger partial charge in [-0.05, 0) is 31.6 Å². The van der Waals surface area contributed by atoms with E-state index in [2.05, 4.69) is 5.32 Å². The van der Waals surface area contributed by atoms with Gasteiger partial charge < -0.3 is 20.2 Å². The molecule has 1 saturated carbocycles. The highest BCUT2D eigenvalue weighted by atomic mass is 16.3. The van der Waals surface area contributed by atoms with Gasteiger partial charge in [0.2, 0.25) is 11.8 Å². The third-order valence-corrected chi connectivity index (χ3v) is 5.28. The fourth-order valence-corrected chi connectivity index (χ4v) is 3.54. The lowest BCUT2D eigenvalue weighted by atomic mass is 9.85. The second-order valence-corrected chi connectivity index (χ2v) is 6.90. The monoisotopic (exact) mass is 309 g/mol. The van der Waals surface area contributed by atoms with Gasteiger partial charge >= 0.3 is 0 Å². The van der Waals surface area contributed by atoms with Crippen LogP contribution < -0.4 is 5.32 Å². The van der Waals surface area contributed by atoms with E-state index in [-0.39, 0.29) is 30.4 Å². The predicted octanol–water partition coefficient (Wildman–Crippen LogP) is -0.0397. The predicted molar refractivity (Wildman–Crippen MR) is 82.1 cm³/mol. The van der Waals surface area contributed by atoms with Gasteiger partial charge in [0.05, 0.1) is 18.6 Å². The first-order valence-electron chi connectivity index (χ1n) is 8.61. The van der Waals surface area contributed by atoms with Gasteiger partial charge in [0.25, 0.3) is 0 Å². The fourth-order valence-electron chi connectivity index (χ4n) is 3.54. The van der Waals surface area contributed by atoms with Crippen LogP contribution in [0.4, 0.5) is 0 Å². The molecule has 3 rings (SSSR count). The molecule has 0 bridgehead atoms. The molecule has 2 heterocycles. The Hall–Kier alpha value is -1.14. The van der Waals surface area contributed by atoms with Gasteiger partial charge in [0.1, 0.15) is 0 Å². The smallest absolute Gasteiger partial charge is 0.240 e. The standard InChI is InChI=1S/C16H27N3O3/c20-13-4-7-18(8-5-13)15(21)10-14-16(22)19(9-6-17-14)11-12-2-1-3-12/h12-14,17,20H,1-11H2. The van der Waals surface area contributed by atoms with Crippen molar-refractivity contribution in [1.82, 2.24) is 15.1 Å². The Morgan fingerprint density at radius 1 is 1.18 bits per heavy atom. The number of aliphatic hydroxyl groups excluding tert-OH is 1.